The lowest BCUT2D eigenvalue weighted by atomic mass is 10.4. The molecule has 0 aliphatic carbocycles. The molecule has 1 aliphatic rings. The second kappa shape index (κ2) is 5.78. The van der Waals surface area contributed by atoms with Gasteiger partial charge in [0, 0.05) is 19.3 Å². The van der Waals surface area contributed by atoms with E-state index in [1.807, 2.05) is 0 Å². The maximum Gasteiger partial charge on any atom is 0.350 e. The van der Waals surface area contributed by atoms with Crippen LogP contribution in [0.1, 0.15) is 12.8 Å². The van der Waals surface area contributed by atoms with Gasteiger partial charge in [-0.2, -0.15) is 4.31 Å². The summed E-state index contributed by atoms with van der Waals surface area (Å²) in [5, 5.41) is 3.98. The summed E-state index contributed by atoms with van der Waals surface area (Å²) >= 11 is 0. The molecule has 23 heavy (non-hydrogen) atoms. The Bertz CT molecular complexity index is 908. The van der Waals surface area contributed by atoms with Gasteiger partial charge in [0.1, 0.15) is 6.54 Å². The molecule has 2 aromatic heterocycles. The third-order valence-electron chi connectivity index (χ3n) is 3.76. The minimum Gasteiger partial charge on any atom is -0.468 e. The van der Waals surface area contributed by atoms with E-state index in [1.54, 1.807) is 0 Å². The van der Waals surface area contributed by atoms with Crippen LogP contribution in [0.3, 0.4) is 0 Å². The summed E-state index contributed by atoms with van der Waals surface area (Å²) < 4.78 is 33.0. The van der Waals surface area contributed by atoms with Gasteiger partial charge in [0.25, 0.3) is 0 Å². The molecule has 0 spiro atoms. The van der Waals surface area contributed by atoms with Gasteiger partial charge in [0.2, 0.25) is 10.0 Å². The number of methoxy groups -OCH3 is 1. The highest BCUT2D eigenvalue weighted by molar-refractivity contribution is 7.89. The van der Waals surface area contributed by atoms with Gasteiger partial charge in [-0.25, -0.2) is 22.3 Å². The van der Waals surface area contributed by atoms with Crippen molar-refractivity contribution in [3.63, 3.8) is 0 Å². The minimum absolute atomic E-state index is 0.0339. The number of aromatic nitrogens is 3. The zero-order chi connectivity index (χ0) is 16.6. The van der Waals surface area contributed by atoms with Crippen LogP contribution in [0.4, 0.5) is 0 Å². The van der Waals surface area contributed by atoms with Crippen LogP contribution >= 0.6 is 0 Å². The predicted molar refractivity (Wildman–Crippen MR) is 79.5 cm³/mol. The summed E-state index contributed by atoms with van der Waals surface area (Å²) in [6.07, 6.45) is 2.91. The minimum atomic E-state index is -3.62. The van der Waals surface area contributed by atoms with Crippen LogP contribution in [0, 0.1) is 0 Å². The van der Waals surface area contributed by atoms with E-state index in [4.69, 9.17) is 0 Å². The summed E-state index contributed by atoms with van der Waals surface area (Å²) in [7, 11) is -2.41. The molecule has 0 unspecified atom stereocenters. The van der Waals surface area contributed by atoms with Crippen LogP contribution < -0.4 is 5.69 Å². The van der Waals surface area contributed by atoms with Gasteiger partial charge >= 0.3 is 11.7 Å². The fraction of sp³-hybridized carbons (Fsp3) is 0.462. The molecule has 2 aromatic rings. The molecule has 9 nitrogen and oxygen atoms in total. The van der Waals surface area contributed by atoms with Gasteiger partial charge in [0.05, 0.1) is 12.0 Å². The molecule has 0 radical (unpaired) electrons. The molecule has 0 atom stereocenters. The van der Waals surface area contributed by atoms with Gasteiger partial charge in [0.15, 0.2) is 5.65 Å². The maximum atomic E-state index is 12.5. The number of hydrogen-bond donors (Lipinski definition) is 0. The molecule has 0 saturated carbocycles. The number of esters is 1. The second-order valence-corrected chi connectivity index (χ2v) is 7.16. The molecule has 124 valence electrons. The Morgan fingerprint density at radius 2 is 2.00 bits per heavy atom. The highest BCUT2D eigenvalue weighted by Gasteiger charge is 2.27. The molecular weight excluding hydrogens is 324 g/mol. The number of nitrogens with zero attached hydrogens (tertiary/aromatic N) is 4. The zero-order valence-electron chi connectivity index (χ0n) is 12.5. The quantitative estimate of drug-likeness (QED) is 0.692. The van der Waals surface area contributed by atoms with E-state index < -0.39 is 21.7 Å². The monoisotopic (exact) mass is 340 g/mol. The van der Waals surface area contributed by atoms with Crippen molar-refractivity contribution >= 4 is 21.6 Å². The average molecular weight is 340 g/mol. The number of ether oxygens (including phenoxy) is 1. The maximum absolute atomic E-state index is 12.5. The lowest BCUT2D eigenvalue weighted by Gasteiger charge is -2.15. The number of fused-ring (bicyclic) bond motifs is 1. The lowest BCUT2D eigenvalue weighted by molar-refractivity contribution is -0.141. The van der Waals surface area contributed by atoms with Crippen molar-refractivity contribution in [2.24, 2.45) is 0 Å². The first-order chi connectivity index (χ1) is 10.9. The van der Waals surface area contributed by atoms with Crippen LogP contribution in [-0.2, 0) is 26.1 Å². The molecule has 3 heterocycles. The first-order valence-corrected chi connectivity index (χ1v) is 8.53. The van der Waals surface area contributed by atoms with Crippen molar-refractivity contribution < 1.29 is 17.9 Å². The van der Waals surface area contributed by atoms with E-state index in [9.17, 15) is 18.0 Å². The summed E-state index contributed by atoms with van der Waals surface area (Å²) in [6.45, 7) is 0.638. The zero-order valence-corrected chi connectivity index (χ0v) is 13.3. The first kappa shape index (κ1) is 15.7. The van der Waals surface area contributed by atoms with E-state index >= 15 is 0 Å². The average Bonchev–Trinajstić information content (AvgIpc) is 3.17. The van der Waals surface area contributed by atoms with E-state index in [1.165, 1.54) is 29.7 Å². The van der Waals surface area contributed by atoms with Crippen molar-refractivity contribution in [3.05, 3.63) is 28.8 Å². The first-order valence-electron chi connectivity index (χ1n) is 7.09. The summed E-state index contributed by atoms with van der Waals surface area (Å²) in [4.78, 5) is 23.5. The fourth-order valence-electron chi connectivity index (χ4n) is 2.52. The number of sulfonamides is 1. The van der Waals surface area contributed by atoms with Crippen molar-refractivity contribution in [1.29, 1.82) is 0 Å². The van der Waals surface area contributed by atoms with Crippen LogP contribution in [0.2, 0.25) is 0 Å². The fourth-order valence-corrected chi connectivity index (χ4v) is 4.03. The summed E-state index contributed by atoms with van der Waals surface area (Å²) in [5.74, 6) is -0.611. The van der Waals surface area contributed by atoms with Crippen LogP contribution in [0.5, 0.6) is 0 Å². The van der Waals surface area contributed by atoms with Crippen molar-refractivity contribution in [2.45, 2.75) is 24.3 Å². The summed E-state index contributed by atoms with van der Waals surface area (Å²) in [6, 6.07) is 2.86. The molecule has 1 aliphatic heterocycles. The Labute approximate surface area is 132 Å². The van der Waals surface area contributed by atoms with Gasteiger partial charge in [-0.05, 0) is 25.0 Å². The molecule has 1 fully saturated rings. The van der Waals surface area contributed by atoms with Gasteiger partial charge in [-0.3, -0.25) is 4.79 Å². The van der Waals surface area contributed by atoms with Crippen molar-refractivity contribution in [1.82, 2.24) is 18.5 Å². The Balaban J connectivity index is 2.03. The van der Waals surface area contributed by atoms with E-state index in [0.29, 0.717) is 13.1 Å². The molecule has 0 N–H and O–H groups in total. The Morgan fingerprint density at radius 3 is 2.65 bits per heavy atom. The SMILES string of the molecule is COC(=O)Cn1nc2ccc(S(=O)(=O)N3CCCC3)cn2c1=O. The Hall–Kier alpha value is -2.20. The second-order valence-electron chi connectivity index (χ2n) is 5.22. The smallest absolute Gasteiger partial charge is 0.350 e. The molecule has 0 aromatic carbocycles. The number of pyridine rings is 1. The number of rotatable bonds is 4. The number of carbonyl (C=O) groups excluding carboxylic acids is 1. The van der Waals surface area contributed by atoms with Crippen LogP contribution in [0.25, 0.3) is 5.65 Å². The molecular formula is C13H16N4O5S. The van der Waals surface area contributed by atoms with Gasteiger partial charge in [-0.15, -0.1) is 5.10 Å². The highest BCUT2D eigenvalue weighted by atomic mass is 32.2. The lowest BCUT2D eigenvalue weighted by Crippen LogP contribution is -2.29. The molecule has 10 heteroatoms. The molecule has 3 rings (SSSR count). The number of carbonyl (C=O) groups is 1. The highest BCUT2D eigenvalue weighted by Crippen LogP contribution is 2.20. The summed E-state index contributed by atoms with van der Waals surface area (Å²) in [5.41, 5.74) is -0.330. The predicted octanol–water partition coefficient (Wildman–Crippen LogP) is -0.546. The molecule has 0 amide bonds. The van der Waals surface area contributed by atoms with Crippen LogP contribution in [0.15, 0.2) is 28.0 Å². The molecule has 1 saturated heterocycles. The Kier molecular flexibility index (Phi) is 3.94. The van der Waals surface area contributed by atoms with E-state index in [-0.39, 0.29) is 17.1 Å². The molecule has 0 bridgehead atoms. The van der Waals surface area contributed by atoms with Crippen molar-refractivity contribution in [2.75, 3.05) is 20.2 Å². The third kappa shape index (κ3) is 2.75. The van der Waals surface area contributed by atoms with Gasteiger partial charge in [-0.1, -0.05) is 0 Å². The topological polar surface area (TPSA) is 103 Å². The standard InChI is InChI=1S/C13H16N4O5S/c1-22-12(18)9-17-13(19)16-8-10(4-5-11(16)14-17)23(20,21)15-6-2-3-7-15/h4-5,8H,2-3,6-7,9H2,1H3. The van der Waals surface area contributed by atoms with E-state index in [0.717, 1.165) is 21.9 Å². The van der Waals surface area contributed by atoms with Gasteiger partial charge < -0.3 is 4.74 Å². The normalized spacial score (nSPS) is 16.0. The third-order valence-corrected chi connectivity index (χ3v) is 5.64. The number of hydrogen-bond acceptors (Lipinski definition) is 6. The van der Waals surface area contributed by atoms with Crippen molar-refractivity contribution in [3.8, 4) is 0 Å². The van der Waals surface area contributed by atoms with Crippen LogP contribution in [-0.4, -0.2) is 53.1 Å². The Morgan fingerprint density at radius 1 is 1.30 bits per heavy atom. The van der Waals surface area contributed by atoms with E-state index in [2.05, 4.69) is 9.84 Å². The largest absolute Gasteiger partial charge is 0.468 e.